The van der Waals surface area contributed by atoms with E-state index in [1.807, 2.05) is 24.3 Å². The summed E-state index contributed by atoms with van der Waals surface area (Å²) in [7, 11) is 0. The van der Waals surface area contributed by atoms with Crippen LogP contribution in [-0.2, 0) is 0 Å². The minimum atomic E-state index is -0.369. The number of rotatable bonds is 2. The van der Waals surface area contributed by atoms with Gasteiger partial charge >= 0.3 is 0 Å². The molecule has 92 valence electrons. The largest absolute Gasteiger partial charge is 0.472 e. The summed E-state index contributed by atoms with van der Waals surface area (Å²) in [5.74, 6) is -0.0364. The van der Waals surface area contributed by atoms with Crippen molar-refractivity contribution in [1.29, 1.82) is 0 Å². The summed E-state index contributed by atoms with van der Waals surface area (Å²) in [5, 5.41) is 9.21. The number of carbonyl (C=O) groups excluding carboxylic acids is 1. The van der Waals surface area contributed by atoms with Crippen molar-refractivity contribution in [2.45, 2.75) is 6.10 Å². The minimum Gasteiger partial charge on any atom is -0.472 e. The van der Waals surface area contributed by atoms with Gasteiger partial charge in [0.05, 0.1) is 18.6 Å². The predicted octanol–water partition coefficient (Wildman–Crippen LogP) is 1.76. The molecule has 1 N–H and O–H groups in total. The Labute approximate surface area is 104 Å². The highest BCUT2D eigenvalue weighted by atomic mass is 16.3. The lowest BCUT2D eigenvalue weighted by molar-refractivity contribution is 0.00590. The SMILES string of the molecule is O=C(c1cccc(-c2ccoc2)c1)N1CC(O)C1. The number of furan rings is 1. The Bertz CT molecular complexity index is 556. The van der Waals surface area contributed by atoms with E-state index in [0.717, 1.165) is 11.1 Å². The topological polar surface area (TPSA) is 53.7 Å². The van der Waals surface area contributed by atoms with Gasteiger partial charge in [-0.15, -0.1) is 0 Å². The van der Waals surface area contributed by atoms with Crippen LogP contribution >= 0.6 is 0 Å². The number of likely N-dealkylation sites (tertiary alicyclic amines) is 1. The zero-order valence-corrected chi connectivity index (χ0v) is 9.74. The van der Waals surface area contributed by atoms with Gasteiger partial charge in [-0.25, -0.2) is 0 Å². The third kappa shape index (κ3) is 1.91. The summed E-state index contributed by atoms with van der Waals surface area (Å²) in [6.45, 7) is 0.851. The van der Waals surface area contributed by atoms with Gasteiger partial charge in [-0.1, -0.05) is 12.1 Å². The Morgan fingerprint density at radius 1 is 1.28 bits per heavy atom. The number of benzene rings is 1. The fourth-order valence-corrected chi connectivity index (χ4v) is 2.06. The zero-order chi connectivity index (χ0) is 12.5. The van der Waals surface area contributed by atoms with E-state index in [4.69, 9.17) is 4.42 Å². The van der Waals surface area contributed by atoms with Gasteiger partial charge in [0.15, 0.2) is 0 Å². The molecule has 18 heavy (non-hydrogen) atoms. The van der Waals surface area contributed by atoms with Crippen molar-refractivity contribution in [3.05, 3.63) is 48.4 Å². The van der Waals surface area contributed by atoms with Gasteiger partial charge in [-0.2, -0.15) is 0 Å². The van der Waals surface area contributed by atoms with E-state index in [9.17, 15) is 9.90 Å². The molecule has 0 saturated carbocycles. The van der Waals surface area contributed by atoms with Crippen LogP contribution < -0.4 is 0 Å². The lowest BCUT2D eigenvalue weighted by atomic mass is 10.0. The lowest BCUT2D eigenvalue weighted by Gasteiger charge is -2.35. The number of hydrogen-bond acceptors (Lipinski definition) is 3. The summed E-state index contributed by atoms with van der Waals surface area (Å²) in [6, 6.07) is 9.28. The van der Waals surface area contributed by atoms with Crippen LogP contribution in [0.15, 0.2) is 47.3 Å². The number of nitrogens with zero attached hydrogens (tertiary/aromatic N) is 1. The molecule has 0 atom stereocenters. The van der Waals surface area contributed by atoms with Crippen LogP contribution in [0, 0.1) is 0 Å². The van der Waals surface area contributed by atoms with Crippen molar-refractivity contribution < 1.29 is 14.3 Å². The van der Waals surface area contributed by atoms with Crippen LogP contribution in [-0.4, -0.2) is 35.1 Å². The van der Waals surface area contributed by atoms with Crippen LogP contribution in [0.4, 0.5) is 0 Å². The van der Waals surface area contributed by atoms with Crippen molar-refractivity contribution in [3.8, 4) is 11.1 Å². The van der Waals surface area contributed by atoms with E-state index in [1.54, 1.807) is 23.5 Å². The molecular formula is C14H13NO3. The van der Waals surface area contributed by atoms with Crippen LogP contribution in [0.1, 0.15) is 10.4 Å². The van der Waals surface area contributed by atoms with Crippen molar-refractivity contribution in [2.24, 2.45) is 0 Å². The van der Waals surface area contributed by atoms with E-state index < -0.39 is 0 Å². The molecule has 0 aliphatic carbocycles. The van der Waals surface area contributed by atoms with Crippen LogP contribution in [0.2, 0.25) is 0 Å². The number of amides is 1. The van der Waals surface area contributed by atoms with E-state index in [1.165, 1.54) is 0 Å². The first-order chi connectivity index (χ1) is 8.74. The highest BCUT2D eigenvalue weighted by Crippen LogP contribution is 2.22. The molecule has 2 heterocycles. The van der Waals surface area contributed by atoms with E-state index in [2.05, 4.69) is 0 Å². The van der Waals surface area contributed by atoms with Gasteiger partial charge in [0.1, 0.15) is 0 Å². The molecule has 1 aliphatic rings. The zero-order valence-electron chi connectivity index (χ0n) is 9.74. The first-order valence-corrected chi connectivity index (χ1v) is 5.84. The normalized spacial score (nSPS) is 15.5. The second-order valence-corrected chi connectivity index (χ2v) is 4.46. The summed E-state index contributed by atoms with van der Waals surface area (Å²) < 4.78 is 5.03. The third-order valence-corrected chi connectivity index (χ3v) is 3.11. The van der Waals surface area contributed by atoms with Crippen LogP contribution in [0.5, 0.6) is 0 Å². The van der Waals surface area contributed by atoms with Crippen LogP contribution in [0.25, 0.3) is 11.1 Å². The fraction of sp³-hybridized carbons (Fsp3) is 0.214. The molecule has 0 bridgehead atoms. The Balaban J connectivity index is 1.85. The number of aliphatic hydroxyl groups is 1. The average molecular weight is 243 g/mol. The standard InChI is InChI=1S/C14H13NO3/c16-13-7-15(8-13)14(17)11-3-1-2-10(6-11)12-4-5-18-9-12/h1-6,9,13,16H,7-8H2. The van der Waals surface area contributed by atoms with Gasteiger partial charge in [0.25, 0.3) is 5.91 Å². The Hall–Kier alpha value is -2.07. The average Bonchev–Trinajstić information content (AvgIpc) is 2.88. The summed E-state index contributed by atoms with van der Waals surface area (Å²) >= 11 is 0. The number of hydrogen-bond donors (Lipinski definition) is 1. The molecule has 0 unspecified atom stereocenters. The van der Waals surface area contributed by atoms with E-state index in [0.29, 0.717) is 18.7 Å². The monoisotopic (exact) mass is 243 g/mol. The first kappa shape index (κ1) is 11.0. The summed E-state index contributed by atoms with van der Waals surface area (Å²) in [4.78, 5) is 13.7. The van der Waals surface area contributed by atoms with Crippen molar-refractivity contribution in [1.82, 2.24) is 4.90 Å². The number of carbonyl (C=O) groups is 1. The Morgan fingerprint density at radius 2 is 2.11 bits per heavy atom. The first-order valence-electron chi connectivity index (χ1n) is 5.84. The Kier molecular flexibility index (Phi) is 2.64. The highest BCUT2D eigenvalue weighted by molar-refractivity contribution is 5.96. The number of aliphatic hydroxyl groups excluding tert-OH is 1. The molecule has 1 aromatic carbocycles. The summed E-state index contributed by atoms with van der Waals surface area (Å²) in [6.07, 6.45) is 2.89. The Morgan fingerprint density at radius 3 is 2.78 bits per heavy atom. The quantitative estimate of drug-likeness (QED) is 0.874. The highest BCUT2D eigenvalue weighted by Gasteiger charge is 2.29. The summed E-state index contributed by atoms with van der Waals surface area (Å²) in [5.41, 5.74) is 2.55. The maximum absolute atomic E-state index is 12.1. The molecule has 1 fully saturated rings. The molecule has 4 heteroatoms. The smallest absolute Gasteiger partial charge is 0.254 e. The minimum absolute atomic E-state index is 0.0364. The van der Waals surface area contributed by atoms with Crippen molar-refractivity contribution >= 4 is 5.91 Å². The molecular weight excluding hydrogens is 230 g/mol. The molecule has 1 aromatic heterocycles. The third-order valence-electron chi connectivity index (χ3n) is 3.11. The second-order valence-electron chi connectivity index (χ2n) is 4.46. The van der Waals surface area contributed by atoms with Gasteiger partial charge in [0.2, 0.25) is 0 Å². The molecule has 3 rings (SSSR count). The van der Waals surface area contributed by atoms with Gasteiger partial charge < -0.3 is 14.4 Å². The second kappa shape index (κ2) is 4.31. The maximum Gasteiger partial charge on any atom is 0.254 e. The van der Waals surface area contributed by atoms with Gasteiger partial charge in [-0.3, -0.25) is 4.79 Å². The maximum atomic E-state index is 12.1. The molecule has 0 radical (unpaired) electrons. The molecule has 0 spiro atoms. The van der Waals surface area contributed by atoms with E-state index >= 15 is 0 Å². The van der Waals surface area contributed by atoms with E-state index in [-0.39, 0.29) is 12.0 Å². The molecule has 1 amide bonds. The lowest BCUT2D eigenvalue weighted by Crippen LogP contribution is -2.53. The fourth-order valence-electron chi connectivity index (χ4n) is 2.06. The molecule has 1 aliphatic heterocycles. The number of β-amino-alcohol motifs (C(OH)–C–C–N with tert-alkyl or cyclic N) is 1. The molecule has 2 aromatic rings. The van der Waals surface area contributed by atoms with Gasteiger partial charge in [0, 0.05) is 24.2 Å². The predicted molar refractivity (Wildman–Crippen MR) is 66.1 cm³/mol. The van der Waals surface area contributed by atoms with Crippen molar-refractivity contribution in [2.75, 3.05) is 13.1 Å². The molecule has 1 saturated heterocycles. The molecule has 4 nitrogen and oxygen atoms in total. The van der Waals surface area contributed by atoms with Crippen molar-refractivity contribution in [3.63, 3.8) is 0 Å². The van der Waals surface area contributed by atoms with Crippen LogP contribution in [0.3, 0.4) is 0 Å². The van der Waals surface area contributed by atoms with Gasteiger partial charge in [-0.05, 0) is 23.8 Å².